The van der Waals surface area contributed by atoms with Gasteiger partial charge in [-0.3, -0.25) is 4.79 Å². The maximum Gasteiger partial charge on any atom is 0.260 e. The van der Waals surface area contributed by atoms with Gasteiger partial charge in [0.2, 0.25) is 0 Å². The Morgan fingerprint density at radius 3 is 2.58 bits per heavy atom. The van der Waals surface area contributed by atoms with Gasteiger partial charge in [-0.05, 0) is 54.5 Å². The van der Waals surface area contributed by atoms with Gasteiger partial charge in [-0.1, -0.05) is 12.1 Å². The standard InChI is InChI=1S/C17H24N2O2S2.ClH/c18-10-13-6-7-19(11-13)16(20)12-21-15-4-2-14(3-5-15)17-22-8-1-9-23-17;/h2-5,13,17H,1,6-12,18H2;1H. The molecule has 0 aliphatic carbocycles. The Hall–Kier alpha value is -0.560. The second-order valence-corrected chi connectivity index (χ2v) is 8.74. The minimum atomic E-state index is 0. The molecule has 2 aliphatic heterocycles. The van der Waals surface area contributed by atoms with Crippen LogP contribution in [0, 0.1) is 5.92 Å². The number of nitrogens with zero attached hydrogens (tertiary/aromatic N) is 1. The molecule has 1 aromatic carbocycles. The maximum atomic E-state index is 12.1. The number of carbonyl (C=O) groups is 1. The molecule has 2 N–H and O–H groups in total. The number of benzene rings is 1. The molecule has 0 aromatic heterocycles. The molecular formula is C17H25ClN2O2S2. The highest BCUT2D eigenvalue weighted by molar-refractivity contribution is 8.16. The van der Waals surface area contributed by atoms with Crippen LogP contribution in [0.25, 0.3) is 0 Å². The fourth-order valence-electron chi connectivity index (χ4n) is 2.89. The number of thioether (sulfide) groups is 2. The lowest BCUT2D eigenvalue weighted by molar-refractivity contribution is -0.132. The zero-order valence-electron chi connectivity index (χ0n) is 13.7. The number of likely N-dealkylation sites (tertiary alicyclic amines) is 1. The average Bonchev–Trinajstić information content (AvgIpc) is 3.10. The Kier molecular flexibility index (Phi) is 8.07. The molecule has 2 aliphatic rings. The summed E-state index contributed by atoms with van der Waals surface area (Å²) < 4.78 is 6.19. The number of hydrogen-bond acceptors (Lipinski definition) is 5. The van der Waals surface area contributed by atoms with Gasteiger partial charge in [-0.2, -0.15) is 0 Å². The predicted molar refractivity (Wildman–Crippen MR) is 105 cm³/mol. The van der Waals surface area contributed by atoms with E-state index in [0.717, 1.165) is 25.3 Å². The summed E-state index contributed by atoms with van der Waals surface area (Å²) in [7, 11) is 0. The maximum absolute atomic E-state index is 12.1. The monoisotopic (exact) mass is 388 g/mol. The molecule has 134 valence electrons. The van der Waals surface area contributed by atoms with Crippen molar-refractivity contribution in [3.63, 3.8) is 0 Å². The molecule has 0 spiro atoms. The Balaban J connectivity index is 0.00000208. The number of hydrogen-bond donors (Lipinski definition) is 1. The smallest absolute Gasteiger partial charge is 0.260 e. The lowest BCUT2D eigenvalue weighted by Crippen LogP contribution is -2.33. The van der Waals surface area contributed by atoms with E-state index in [0.29, 0.717) is 17.0 Å². The third-order valence-corrected chi connectivity index (χ3v) is 7.33. The van der Waals surface area contributed by atoms with Crippen molar-refractivity contribution in [2.24, 2.45) is 11.7 Å². The summed E-state index contributed by atoms with van der Waals surface area (Å²) in [5, 5.41) is 0. The van der Waals surface area contributed by atoms with E-state index in [9.17, 15) is 4.79 Å². The van der Waals surface area contributed by atoms with Crippen LogP contribution in [0.2, 0.25) is 0 Å². The fourth-order valence-corrected chi connectivity index (χ4v) is 5.78. The quantitative estimate of drug-likeness (QED) is 0.839. The van der Waals surface area contributed by atoms with E-state index in [1.165, 1.54) is 23.5 Å². The van der Waals surface area contributed by atoms with Gasteiger partial charge in [0, 0.05) is 13.1 Å². The summed E-state index contributed by atoms with van der Waals surface area (Å²) >= 11 is 4.02. The number of halogens is 1. The van der Waals surface area contributed by atoms with Gasteiger partial charge in [0.05, 0.1) is 4.58 Å². The van der Waals surface area contributed by atoms with Crippen LogP contribution < -0.4 is 10.5 Å². The van der Waals surface area contributed by atoms with Crippen molar-refractivity contribution in [3.8, 4) is 5.75 Å². The lowest BCUT2D eigenvalue weighted by Gasteiger charge is -2.21. The molecule has 4 nitrogen and oxygen atoms in total. The molecule has 24 heavy (non-hydrogen) atoms. The summed E-state index contributed by atoms with van der Waals surface area (Å²) in [6.07, 6.45) is 2.31. The molecular weight excluding hydrogens is 364 g/mol. The highest BCUT2D eigenvalue weighted by Gasteiger charge is 2.25. The van der Waals surface area contributed by atoms with Gasteiger partial charge in [0.15, 0.2) is 6.61 Å². The second-order valence-electron chi connectivity index (χ2n) is 6.01. The molecule has 3 rings (SSSR count). The van der Waals surface area contributed by atoms with E-state index in [4.69, 9.17) is 10.5 Å². The van der Waals surface area contributed by atoms with Crippen LogP contribution in [0.4, 0.5) is 0 Å². The molecule has 0 radical (unpaired) electrons. The molecule has 1 aromatic rings. The Morgan fingerprint density at radius 2 is 1.96 bits per heavy atom. The number of nitrogens with two attached hydrogens (primary N) is 1. The van der Waals surface area contributed by atoms with Gasteiger partial charge >= 0.3 is 0 Å². The van der Waals surface area contributed by atoms with Crippen LogP contribution in [-0.4, -0.2) is 48.6 Å². The van der Waals surface area contributed by atoms with Crippen LogP contribution in [0.1, 0.15) is 23.0 Å². The third kappa shape index (κ3) is 5.22. The SMILES string of the molecule is Cl.NCC1CCN(C(=O)COc2ccc(C3SCCCS3)cc2)C1. The zero-order valence-corrected chi connectivity index (χ0v) is 16.1. The van der Waals surface area contributed by atoms with Crippen molar-refractivity contribution in [2.75, 3.05) is 37.7 Å². The van der Waals surface area contributed by atoms with Crippen LogP contribution in [-0.2, 0) is 4.79 Å². The Labute approximate surface area is 158 Å². The molecule has 0 saturated carbocycles. The Morgan fingerprint density at radius 1 is 1.25 bits per heavy atom. The zero-order chi connectivity index (χ0) is 16.1. The first-order chi connectivity index (χ1) is 11.3. The van der Waals surface area contributed by atoms with E-state index >= 15 is 0 Å². The molecule has 1 unspecified atom stereocenters. The van der Waals surface area contributed by atoms with Crippen LogP contribution in [0.3, 0.4) is 0 Å². The minimum Gasteiger partial charge on any atom is -0.484 e. The van der Waals surface area contributed by atoms with Gasteiger partial charge in [-0.15, -0.1) is 35.9 Å². The van der Waals surface area contributed by atoms with Crippen molar-refractivity contribution in [1.82, 2.24) is 4.90 Å². The molecule has 1 atom stereocenters. The number of amides is 1. The molecule has 2 heterocycles. The van der Waals surface area contributed by atoms with Gasteiger partial charge in [0.1, 0.15) is 5.75 Å². The third-order valence-electron chi connectivity index (χ3n) is 4.31. The van der Waals surface area contributed by atoms with Crippen molar-refractivity contribution in [3.05, 3.63) is 29.8 Å². The van der Waals surface area contributed by atoms with Crippen LogP contribution in [0.15, 0.2) is 24.3 Å². The van der Waals surface area contributed by atoms with E-state index in [2.05, 4.69) is 12.1 Å². The van der Waals surface area contributed by atoms with Gasteiger partial charge in [-0.25, -0.2) is 0 Å². The summed E-state index contributed by atoms with van der Waals surface area (Å²) in [5.41, 5.74) is 7.00. The summed E-state index contributed by atoms with van der Waals surface area (Å²) in [5.74, 6) is 3.75. The fraction of sp³-hybridized carbons (Fsp3) is 0.588. The predicted octanol–water partition coefficient (Wildman–Crippen LogP) is 3.16. The second kappa shape index (κ2) is 9.80. The van der Waals surface area contributed by atoms with Crippen molar-refractivity contribution in [1.29, 1.82) is 0 Å². The number of carbonyl (C=O) groups excluding carboxylic acids is 1. The van der Waals surface area contributed by atoms with E-state index in [-0.39, 0.29) is 24.9 Å². The molecule has 7 heteroatoms. The van der Waals surface area contributed by atoms with Gasteiger partial charge < -0.3 is 15.4 Å². The number of ether oxygens (including phenoxy) is 1. The summed E-state index contributed by atoms with van der Waals surface area (Å²) in [6.45, 7) is 2.35. The molecule has 2 saturated heterocycles. The van der Waals surface area contributed by atoms with Crippen LogP contribution >= 0.6 is 35.9 Å². The number of rotatable bonds is 5. The van der Waals surface area contributed by atoms with E-state index < -0.39 is 0 Å². The summed E-state index contributed by atoms with van der Waals surface area (Å²) in [4.78, 5) is 14.0. The topological polar surface area (TPSA) is 55.6 Å². The first-order valence-corrected chi connectivity index (χ1v) is 10.3. The van der Waals surface area contributed by atoms with Crippen molar-refractivity contribution in [2.45, 2.75) is 17.4 Å². The van der Waals surface area contributed by atoms with Crippen molar-refractivity contribution >= 4 is 41.8 Å². The first-order valence-electron chi connectivity index (χ1n) is 8.20. The normalized spacial score (nSPS) is 21.4. The minimum absolute atomic E-state index is 0. The van der Waals surface area contributed by atoms with Crippen LogP contribution in [0.5, 0.6) is 5.75 Å². The molecule has 1 amide bonds. The average molecular weight is 389 g/mol. The highest BCUT2D eigenvalue weighted by atomic mass is 35.5. The van der Waals surface area contributed by atoms with Gasteiger partial charge in [0.25, 0.3) is 5.91 Å². The van der Waals surface area contributed by atoms with Crippen molar-refractivity contribution < 1.29 is 9.53 Å². The lowest BCUT2D eigenvalue weighted by atomic mass is 10.1. The Bertz CT molecular complexity index is 524. The largest absolute Gasteiger partial charge is 0.484 e. The van der Waals surface area contributed by atoms with E-state index in [1.54, 1.807) is 0 Å². The summed E-state index contributed by atoms with van der Waals surface area (Å²) in [6, 6.07) is 8.20. The van der Waals surface area contributed by atoms with E-state index in [1.807, 2.05) is 40.6 Å². The highest BCUT2D eigenvalue weighted by Crippen LogP contribution is 2.43. The first kappa shape index (κ1) is 19.8. The molecule has 2 fully saturated rings. The molecule has 0 bridgehead atoms.